The summed E-state index contributed by atoms with van der Waals surface area (Å²) in [7, 11) is 1.53. The van der Waals surface area contributed by atoms with E-state index in [2.05, 4.69) is 25.6 Å². The molecule has 0 saturated heterocycles. The average molecular weight is 217 g/mol. The Labute approximate surface area is 90.1 Å². The lowest BCUT2D eigenvalue weighted by molar-refractivity contribution is 0.414. The van der Waals surface area contributed by atoms with Crippen LogP contribution in [-0.2, 0) is 0 Å². The largest absolute Gasteiger partial charge is 0.497 e. The van der Waals surface area contributed by atoms with Crippen molar-refractivity contribution in [3.8, 4) is 11.4 Å². The van der Waals surface area contributed by atoms with Crippen LogP contribution in [0, 0.1) is 0 Å². The molecule has 0 radical (unpaired) electrons. The average Bonchev–Trinajstić information content (AvgIpc) is 2.82. The fraction of sp³-hybridized carbons (Fsp3) is 0.125. The molecule has 2 rings (SSSR count). The molecule has 16 heavy (non-hydrogen) atoms. The van der Waals surface area contributed by atoms with Gasteiger partial charge in [0.1, 0.15) is 12.1 Å². The highest BCUT2D eigenvalue weighted by atomic mass is 16.5. The molecule has 0 saturated carbocycles. The smallest absolute Gasteiger partial charge is 0.143 e. The van der Waals surface area contributed by atoms with Crippen molar-refractivity contribution in [3.05, 3.63) is 35.0 Å². The van der Waals surface area contributed by atoms with Crippen LogP contribution in [0.1, 0.15) is 0 Å². The van der Waals surface area contributed by atoms with Gasteiger partial charge in [0.25, 0.3) is 0 Å². The van der Waals surface area contributed by atoms with Gasteiger partial charge in [-0.15, -0.1) is 5.10 Å². The van der Waals surface area contributed by atoms with E-state index in [1.165, 1.54) is 18.1 Å². The summed E-state index contributed by atoms with van der Waals surface area (Å²) in [6.07, 6.45) is 1.44. The molecule has 0 fully saturated rings. The highest BCUT2D eigenvalue weighted by Gasteiger charge is 2.03. The van der Waals surface area contributed by atoms with Crippen molar-refractivity contribution in [1.29, 1.82) is 0 Å². The third kappa shape index (κ3) is 1.91. The van der Waals surface area contributed by atoms with Crippen LogP contribution < -0.4 is 4.74 Å². The number of hydrogen-bond donors (Lipinski definition) is 0. The van der Waals surface area contributed by atoms with Crippen molar-refractivity contribution in [1.82, 2.24) is 20.2 Å². The summed E-state index contributed by atoms with van der Waals surface area (Å²) in [5.74, 6) is 0.565. The van der Waals surface area contributed by atoms with E-state index in [0.29, 0.717) is 17.1 Å². The van der Waals surface area contributed by atoms with Gasteiger partial charge < -0.3 is 4.74 Å². The van der Waals surface area contributed by atoms with Gasteiger partial charge in [-0.1, -0.05) is 5.11 Å². The molecule has 0 aliphatic rings. The van der Waals surface area contributed by atoms with Crippen LogP contribution in [0.3, 0.4) is 0 Å². The van der Waals surface area contributed by atoms with Crippen molar-refractivity contribution in [2.24, 2.45) is 5.11 Å². The van der Waals surface area contributed by atoms with Crippen molar-refractivity contribution in [2.45, 2.75) is 0 Å². The highest BCUT2D eigenvalue weighted by Crippen LogP contribution is 2.24. The van der Waals surface area contributed by atoms with Gasteiger partial charge in [0.2, 0.25) is 0 Å². The number of methoxy groups -OCH3 is 1. The molecule has 0 amide bonds. The predicted octanol–water partition coefficient (Wildman–Crippen LogP) is 1.61. The third-order valence-electron chi connectivity index (χ3n) is 1.89. The molecule has 1 aromatic carbocycles. The summed E-state index contributed by atoms with van der Waals surface area (Å²) in [6, 6.07) is 5.00. The Hall–Kier alpha value is -2.60. The van der Waals surface area contributed by atoms with Crippen LogP contribution in [0.2, 0.25) is 0 Å². The van der Waals surface area contributed by atoms with Gasteiger partial charge in [-0.25, -0.2) is 4.68 Å². The Morgan fingerprint density at radius 1 is 1.44 bits per heavy atom. The van der Waals surface area contributed by atoms with Gasteiger partial charge in [-0.2, -0.15) is 0 Å². The van der Waals surface area contributed by atoms with E-state index in [-0.39, 0.29) is 0 Å². The van der Waals surface area contributed by atoms with Crippen LogP contribution in [0.25, 0.3) is 16.1 Å². The summed E-state index contributed by atoms with van der Waals surface area (Å²) in [5.41, 5.74) is 9.47. The molecule has 0 aliphatic carbocycles. The third-order valence-corrected chi connectivity index (χ3v) is 1.89. The minimum Gasteiger partial charge on any atom is -0.497 e. The minimum atomic E-state index is 0.437. The molecule has 80 valence electrons. The predicted molar refractivity (Wildman–Crippen MR) is 54.5 cm³/mol. The number of hydrogen-bond acceptors (Lipinski definition) is 5. The number of ether oxygens (including phenoxy) is 1. The summed E-state index contributed by atoms with van der Waals surface area (Å²) in [6.45, 7) is 0. The fourth-order valence-electron chi connectivity index (χ4n) is 1.21. The second-order valence-electron chi connectivity index (χ2n) is 2.83. The molecule has 0 spiro atoms. The van der Waals surface area contributed by atoms with Crippen LogP contribution in [0.4, 0.5) is 5.69 Å². The van der Waals surface area contributed by atoms with Gasteiger partial charge in [-0.05, 0) is 28.1 Å². The van der Waals surface area contributed by atoms with E-state index in [1.54, 1.807) is 18.2 Å². The van der Waals surface area contributed by atoms with Crippen LogP contribution in [0.15, 0.2) is 29.6 Å². The van der Waals surface area contributed by atoms with E-state index in [9.17, 15) is 0 Å². The first-order valence-electron chi connectivity index (χ1n) is 4.31. The molecule has 0 bridgehead atoms. The normalized spacial score (nSPS) is 9.56. The fourth-order valence-corrected chi connectivity index (χ4v) is 1.21. The van der Waals surface area contributed by atoms with E-state index >= 15 is 0 Å². The SMILES string of the molecule is COc1cc(N=[N+]=[N-])cc(-n2cnnn2)c1. The van der Waals surface area contributed by atoms with E-state index in [4.69, 9.17) is 10.3 Å². The Kier molecular flexibility index (Phi) is 2.66. The maximum Gasteiger partial charge on any atom is 0.143 e. The molecule has 0 atom stereocenters. The minimum absolute atomic E-state index is 0.437. The standard InChI is InChI=1S/C8H7N7O/c1-16-8-3-6(11-12-9)2-7(4-8)15-5-10-13-14-15/h2-5H,1H3. The lowest BCUT2D eigenvalue weighted by atomic mass is 10.2. The zero-order chi connectivity index (χ0) is 11.4. The van der Waals surface area contributed by atoms with Crippen LogP contribution >= 0.6 is 0 Å². The van der Waals surface area contributed by atoms with Gasteiger partial charge >= 0.3 is 0 Å². The number of benzene rings is 1. The Balaban J connectivity index is 2.53. The van der Waals surface area contributed by atoms with Gasteiger partial charge in [0.15, 0.2) is 0 Å². The summed E-state index contributed by atoms with van der Waals surface area (Å²) >= 11 is 0. The highest BCUT2D eigenvalue weighted by molar-refractivity contribution is 5.52. The number of azide groups is 1. The Morgan fingerprint density at radius 2 is 2.31 bits per heavy atom. The summed E-state index contributed by atoms with van der Waals surface area (Å²) in [5, 5.41) is 14.3. The van der Waals surface area contributed by atoms with Crippen molar-refractivity contribution < 1.29 is 4.74 Å². The quantitative estimate of drug-likeness (QED) is 0.442. The van der Waals surface area contributed by atoms with Gasteiger partial charge in [0, 0.05) is 16.7 Å². The molecule has 2 aromatic rings. The summed E-state index contributed by atoms with van der Waals surface area (Å²) < 4.78 is 6.52. The molecule has 8 heteroatoms. The lowest BCUT2D eigenvalue weighted by Crippen LogP contribution is -1.95. The van der Waals surface area contributed by atoms with Gasteiger partial charge in [0.05, 0.1) is 12.8 Å². The molecule has 0 unspecified atom stereocenters. The number of aromatic nitrogens is 4. The first kappa shape index (κ1) is 9.94. The van der Waals surface area contributed by atoms with E-state index in [0.717, 1.165) is 0 Å². The van der Waals surface area contributed by atoms with E-state index < -0.39 is 0 Å². The Morgan fingerprint density at radius 3 is 2.94 bits per heavy atom. The summed E-state index contributed by atoms with van der Waals surface area (Å²) in [4.78, 5) is 2.71. The lowest BCUT2D eigenvalue weighted by Gasteiger charge is -2.04. The second-order valence-corrected chi connectivity index (χ2v) is 2.83. The van der Waals surface area contributed by atoms with Crippen molar-refractivity contribution >= 4 is 5.69 Å². The molecular weight excluding hydrogens is 210 g/mol. The van der Waals surface area contributed by atoms with Crippen molar-refractivity contribution in [2.75, 3.05) is 7.11 Å². The first-order chi connectivity index (χ1) is 7.83. The molecular formula is C8H7N7O. The second kappa shape index (κ2) is 4.28. The molecule has 1 heterocycles. The maximum atomic E-state index is 8.38. The molecule has 0 aliphatic heterocycles. The van der Waals surface area contributed by atoms with Crippen LogP contribution in [-0.4, -0.2) is 27.3 Å². The van der Waals surface area contributed by atoms with E-state index in [1.807, 2.05) is 0 Å². The Bertz CT molecular complexity index is 529. The maximum absolute atomic E-state index is 8.38. The van der Waals surface area contributed by atoms with Crippen LogP contribution in [0.5, 0.6) is 5.75 Å². The number of tetrazole rings is 1. The molecule has 0 N–H and O–H groups in total. The zero-order valence-corrected chi connectivity index (χ0v) is 8.35. The van der Waals surface area contributed by atoms with Gasteiger partial charge in [-0.3, -0.25) is 0 Å². The zero-order valence-electron chi connectivity index (χ0n) is 8.35. The number of rotatable bonds is 3. The monoisotopic (exact) mass is 217 g/mol. The number of nitrogens with zero attached hydrogens (tertiary/aromatic N) is 7. The molecule has 1 aromatic heterocycles. The van der Waals surface area contributed by atoms with Crippen molar-refractivity contribution in [3.63, 3.8) is 0 Å². The topological polar surface area (TPSA) is 102 Å². The molecule has 8 nitrogen and oxygen atoms in total. The first-order valence-corrected chi connectivity index (χ1v) is 4.31.